The lowest BCUT2D eigenvalue weighted by Crippen LogP contribution is -2.48. The molecule has 0 unspecified atom stereocenters. The minimum Gasteiger partial charge on any atom is -0.345 e. The second-order valence-corrected chi connectivity index (χ2v) is 6.60. The molecule has 1 aromatic carbocycles. The van der Waals surface area contributed by atoms with Gasteiger partial charge in [-0.2, -0.15) is 0 Å². The summed E-state index contributed by atoms with van der Waals surface area (Å²) in [5.41, 5.74) is 1.80. The topological polar surface area (TPSA) is 41.4 Å². The third-order valence-electron chi connectivity index (χ3n) is 4.27. The Kier molecular flexibility index (Phi) is 4.04. The van der Waals surface area contributed by atoms with E-state index in [1.807, 2.05) is 69.8 Å². The molecule has 0 spiro atoms. The smallest absolute Gasteiger partial charge is 0.253 e. The van der Waals surface area contributed by atoms with Crippen LogP contribution in [0.25, 0.3) is 5.69 Å². The fraction of sp³-hybridized carbons (Fsp3) is 0.222. The molecule has 1 aliphatic heterocycles. The maximum atomic E-state index is 12.7. The molecule has 2 aromatic heterocycles. The molecule has 0 atom stereocenters. The summed E-state index contributed by atoms with van der Waals surface area (Å²) in [5, 5.41) is 3.03. The van der Waals surface area contributed by atoms with Crippen LogP contribution in [0.3, 0.4) is 0 Å². The maximum Gasteiger partial charge on any atom is 0.253 e. The van der Waals surface area contributed by atoms with Gasteiger partial charge in [0, 0.05) is 61.4 Å². The van der Waals surface area contributed by atoms with Gasteiger partial charge in [-0.1, -0.05) is 0 Å². The molecule has 0 aliphatic carbocycles. The van der Waals surface area contributed by atoms with Crippen LogP contribution in [0, 0.1) is 0 Å². The van der Waals surface area contributed by atoms with Crippen molar-refractivity contribution in [3.8, 4) is 5.69 Å². The Morgan fingerprint density at radius 2 is 1.71 bits per heavy atom. The van der Waals surface area contributed by atoms with Crippen molar-refractivity contribution in [2.24, 2.45) is 0 Å². The highest BCUT2D eigenvalue weighted by Crippen LogP contribution is 2.20. The predicted molar refractivity (Wildman–Crippen MR) is 96.0 cm³/mol. The SMILES string of the molecule is O=C(c1ccc(-n2cccc2)cc1)N1CCN(c2nccs2)CC1. The lowest BCUT2D eigenvalue weighted by molar-refractivity contribution is 0.0747. The molecule has 6 heteroatoms. The quantitative estimate of drug-likeness (QED) is 0.737. The van der Waals surface area contributed by atoms with E-state index in [1.54, 1.807) is 11.3 Å². The molecule has 0 saturated carbocycles. The van der Waals surface area contributed by atoms with E-state index >= 15 is 0 Å². The number of amides is 1. The van der Waals surface area contributed by atoms with Crippen molar-refractivity contribution in [1.82, 2.24) is 14.5 Å². The molecule has 1 saturated heterocycles. The maximum absolute atomic E-state index is 12.7. The molecule has 1 fully saturated rings. The van der Waals surface area contributed by atoms with E-state index in [1.165, 1.54) is 0 Å². The summed E-state index contributed by atoms with van der Waals surface area (Å²) in [6.07, 6.45) is 5.81. The van der Waals surface area contributed by atoms with Crippen molar-refractivity contribution >= 4 is 22.4 Å². The van der Waals surface area contributed by atoms with Crippen LogP contribution < -0.4 is 4.90 Å². The summed E-state index contributed by atoms with van der Waals surface area (Å²) in [6, 6.07) is 11.8. The molecular weight excluding hydrogens is 320 g/mol. The minimum atomic E-state index is 0.104. The molecule has 24 heavy (non-hydrogen) atoms. The number of carbonyl (C=O) groups excluding carboxylic acids is 1. The number of anilines is 1. The first-order valence-corrected chi connectivity index (χ1v) is 8.86. The van der Waals surface area contributed by atoms with Crippen molar-refractivity contribution in [1.29, 1.82) is 0 Å². The molecule has 0 N–H and O–H groups in total. The molecule has 5 nitrogen and oxygen atoms in total. The molecule has 1 amide bonds. The monoisotopic (exact) mass is 338 g/mol. The first-order chi connectivity index (χ1) is 11.8. The molecule has 3 aromatic rings. The van der Waals surface area contributed by atoms with Gasteiger partial charge in [0.15, 0.2) is 5.13 Å². The van der Waals surface area contributed by atoms with Gasteiger partial charge in [0.05, 0.1) is 0 Å². The number of carbonyl (C=O) groups is 1. The number of hydrogen-bond acceptors (Lipinski definition) is 4. The Bertz CT molecular complexity index is 788. The third kappa shape index (κ3) is 2.92. The number of piperazine rings is 1. The van der Waals surface area contributed by atoms with Gasteiger partial charge in [-0.05, 0) is 36.4 Å². The van der Waals surface area contributed by atoms with Gasteiger partial charge in [-0.3, -0.25) is 4.79 Å². The van der Waals surface area contributed by atoms with Crippen LogP contribution in [0.15, 0.2) is 60.4 Å². The van der Waals surface area contributed by atoms with Crippen molar-refractivity contribution in [3.05, 3.63) is 65.9 Å². The summed E-state index contributed by atoms with van der Waals surface area (Å²) < 4.78 is 2.03. The lowest BCUT2D eigenvalue weighted by Gasteiger charge is -2.34. The van der Waals surface area contributed by atoms with Gasteiger partial charge in [0.25, 0.3) is 5.91 Å². The van der Waals surface area contributed by atoms with E-state index in [-0.39, 0.29) is 5.91 Å². The van der Waals surface area contributed by atoms with Gasteiger partial charge in [-0.25, -0.2) is 4.98 Å². The Morgan fingerprint density at radius 1 is 1.00 bits per heavy atom. The Morgan fingerprint density at radius 3 is 2.33 bits per heavy atom. The van der Waals surface area contributed by atoms with Gasteiger partial charge in [-0.15, -0.1) is 11.3 Å². The van der Waals surface area contributed by atoms with Crippen molar-refractivity contribution < 1.29 is 4.79 Å². The van der Waals surface area contributed by atoms with Crippen LogP contribution in [0.5, 0.6) is 0 Å². The molecule has 0 bridgehead atoms. The summed E-state index contributed by atoms with van der Waals surface area (Å²) in [6.45, 7) is 3.14. The molecule has 122 valence electrons. The zero-order valence-corrected chi connectivity index (χ0v) is 14.0. The van der Waals surface area contributed by atoms with Crippen LogP contribution in [-0.2, 0) is 0 Å². The molecule has 4 rings (SSSR count). The largest absolute Gasteiger partial charge is 0.345 e. The van der Waals surface area contributed by atoms with E-state index in [2.05, 4.69) is 9.88 Å². The van der Waals surface area contributed by atoms with Gasteiger partial charge < -0.3 is 14.4 Å². The fourth-order valence-corrected chi connectivity index (χ4v) is 3.64. The Labute approximate surface area is 144 Å². The highest BCUT2D eigenvalue weighted by Gasteiger charge is 2.23. The number of rotatable bonds is 3. The number of thiazole rings is 1. The minimum absolute atomic E-state index is 0.104. The predicted octanol–water partition coefficient (Wildman–Crippen LogP) is 2.90. The Balaban J connectivity index is 1.41. The standard InChI is InChI=1S/C18H18N4OS/c23-17(15-3-5-16(6-4-15)20-8-1-2-9-20)21-10-12-22(13-11-21)18-19-7-14-24-18/h1-9,14H,10-13H2. The highest BCUT2D eigenvalue weighted by atomic mass is 32.1. The van der Waals surface area contributed by atoms with E-state index in [9.17, 15) is 4.79 Å². The average Bonchev–Trinajstić information content (AvgIpc) is 3.35. The Hall–Kier alpha value is -2.60. The summed E-state index contributed by atoms with van der Waals surface area (Å²) in [7, 11) is 0. The first kappa shape index (κ1) is 15.0. The van der Waals surface area contributed by atoms with Crippen LogP contribution in [0.1, 0.15) is 10.4 Å². The fourth-order valence-electron chi connectivity index (χ4n) is 2.94. The number of hydrogen-bond donors (Lipinski definition) is 0. The van der Waals surface area contributed by atoms with Crippen molar-refractivity contribution in [2.45, 2.75) is 0 Å². The normalized spacial score (nSPS) is 14.8. The summed E-state index contributed by atoms with van der Waals surface area (Å²) >= 11 is 1.64. The number of benzene rings is 1. The summed E-state index contributed by atoms with van der Waals surface area (Å²) in [4.78, 5) is 21.2. The second-order valence-electron chi connectivity index (χ2n) is 5.73. The van der Waals surface area contributed by atoms with Crippen LogP contribution in [-0.4, -0.2) is 46.5 Å². The van der Waals surface area contributed by atoms with Crippen LogP contribution in [0.2, 0.25) is 0 Å². The third-order valence-corrected chi connectivity index (χ3v) is 5.11. The van der Waals surface area contributed by atoms with Crippen LogP contribution in [0.4, 0.5) is 5.13 Å². The van der Waals surface area contributed by atoms with E-state index in [0.717, 1.165) is 42.6 Å². The van der Waals surface area contributed by atoms with Gasteiger partial charge in [0.2, 0.25) is 0 Å². The van der Waals surface area contributed by atoms with Gasteiger partial charge in [0.1, 0.15) is 0 Å². The van der Waals surface area contributed by atoms with Gasteiger partial charge >= 0.3 is 0 Å². The number of aromatic nitrogens is 2. The molecular formula is C18H18N4OS. The highest BCUT2D eigenvalue weighted by molar-refractivity contribution is 7.13. The van der Waals surface area contributed by atoms with E-state index < -0.39 is 0 Å². The molecule has 3 heterocycles. The van der Waals surface area contributed by atoms with E-state index in [0.29, 0.717) is 0 Å². The van der Waals surface area contributed by atoms with Crippen LogP contribution >= 0.6 is 11.3 Å². The summed E-state index contributed by atoms with van der Waals surface area (Å²) in [5.74, 6) is 0.104. The molecule has 0 radical (unpaired) electrons. The zero-order chi connectivity index (χ0) is 16.4. The zero-order valence-electron chi connectivity index (χ0n) is 13.2. The second kappa shape index (κ2) is 6.49. The van der Waals surface area contributed by atoms with Crippen molar-refractivity contribution in [2.75, 3.05) is 31.1 Å². The average molecular weight is 338 g/mol. The first-order valence-electron chi connectivity index (χ1n) is 7.98. The lowest BCUT2D eigenvalue weighted by atomic mass is 10.1. The molecule has 1 aliphatic rings. The van der Waals surface area contributed by atoms with E-state index in [4.69, 9.17) is 0 Å². The van der Waals surface area contributed by atoms with Crippen molar-refractivity contribution in [3.63, 3.8) is 0 Å². The number of nitrogens with zero attached hydrogens (tertiary/aromatic N) is 4.